The van der Waals surface area contributed by atoms with E-state index >= 15 is 0 Å². The molecule has 0 spiro atoms. The fourth-order valence-corrected chi connectivity index (χ4v) is 1.58. The molecule has 15 heavy (non-hydrogen) atoms. The van der Waals surface area contributed by atoms with E-state index in [1.807, 2.05) is 13.8 Å². The molecule has 0 aliphatic carbocycles. The van der Waals surface area contributed by atoms with Crippen LogP contribution >= 0.6 is 11.8 Å². The summed E-state index contributed by atoms with van der Waals surface area (Å²) in [6.45, 7) is 4.69. The van der Waals surface area contributed by atoms with E-state index < -0.39 is 0 Å². The molecule has 0 saturated heterocycles. The van der Waals surface area contributed by atoms with Gasteiger partial charge >= 0.3 is 5.97 Å². The molecule has 1 N–H and O–H groups in total. The van der Waals surface area contributed by atoms with Crippen molar-refractivity contribution < 1.29 is 9.53 Å². The molecule has 0 radical (unpaired) electrons. The number of rotatable bonds is 7. The van der Waals surface area contributed by atoms with Crippen LogP contribution in [0.2, 0.25) is 0 Å². The Morgan fingerprint density at radius 2 is 2.27 bits per heavy atom. The fourth-order valence-electron chi connectivity index (χ4n) is 1.06. The molecule has 0 aliphatic rings. The maximum atomic E-state index is 11.2. The lowest BCUT2D eigenvalue weighted by molar-refractivity contribution is -0.145. The van der Waals surface area contributed by atoms with Crippen molar-refractivity contribution in [1.82, 2.24) is 5.32 Å². The van der Waals surface area contributed by atoms with E-state index in [-0.39, 0.29) is 17.9 Å². The Hall–Kier alpha value is -0.660. The first-order valence-corrected chi connectivity index (χ1v) is 6.11. The number of carbonyl (C=O) groups excluding carboxylic acids is 1. The van der Waals surface area contributed by atoms with Crippen LogP contribution in [0.3, 0.4) is 0 Å². The summed E-state index contributed by atoms with van der Waals surface area (Å²) in [6.07, 6.45) is 5.12. The van der Waals surface area contributed by atoms with E-state index in [1.54, 1.807) is 11.8 Å². The second-order valence-corrected chi connectivity index (χ2v) is 4.42. The summed E-state index contributed by atoms with van der Waals surface area (Å²) in [7, 11) is 1.41. The van der Waals surface area contributed by atoms with Gasteiger partial charge in [-0.2, -0.15) is 0 Å². The Kier molecular flexibility index (Phi) is 8.25. The number of methoxy groups -OCH3 is 1. The molecule has 0 aromatic carbocycles. The van der Waals surface area contributed by atoms with Gasteiger partial charge in [0, 0.05) is 18.3 Å². The standard InChI is InChI=1S/C11H19NO2S/c1-5-7-15-8-6-12-10(3)9(2)11(13)14-4/h1,9-10,12H,6-8H2,2-4H3. The maximum absolute atomic E-state index is 11.2. The molecular formula is C11H19NO2S. The minimum atomic E-state index is -0.175. The lowest BCUT2D eigenvalue weighted by atomic mass is 10.0. The smallest absolute Gasteiger partial charge is 0.309 e. The minimum absolute atomic E-state index is 0.118. The summed E-state index contributed by atoms with van der Waals surface area (Å²) in [5.41, 5.74) is 0. The van der Waals surface area contributed by atoms with Crippen LogP contribution in [-0.4, -0.2) is 37.2 Å². The van der Waals surface area contributed by atoms with Gasteiger partial charge in [-0.1, -0.05) is 12.8 Å². The van der Waals surface area contributed by atoms with Crippen LogP contribution in [0.4, 0.5) is 0 Å². The number of hydrogen-bond donors (Lipinski definition) is 1. The van der Waals surface area contributed by atoms with Crippen LogP contribution < -0.4 is 5.32 Å². The van der Waals surface area contributed by atoms with Gasteiger partial charge in [-0.05, 0) is 6.92 Å². The molecule has 0 aliphatic heterocycles. The topological polar surface area (TPSA) is 38.3 Å². The first-order valence-electron chi connectivity index (χ1n) is 4.96. The highest BCUT2D eigenvalue weighted by atomic mass is 32.2. The van der Waals surface area contributed by atoms with Gasteiger partial charge in [0.05, 0.1) is 18.8 Å². The van der Waals surface area contributed by atoms with Crippen molar-refractivity contribution in [2.75, 3.05) is 25.2 Å². The molecule has 0 aromatic heterocycles. The van der Waals surface area contributed by atoms with Gasteiger partial charge in [-0.3, -0.25) is 4.79 Å². The number of ether oxygens (including phenoxy) is 1. The van der Waals surface area contributed by atoms with Gasteiger partial charge in [-0.15, -0.1) is 18.2 Å². The van der Waals surface area contributed by atoms with E-state index in [0.717, 1.165) is 18.1 Å². The van der Waals surface area contributed by atoms with E-state index in [4.69, 9.17) is 6.42 Å². The predicted molar refractivity (Wildman–Crippen MR) is 64.8 cm³/mol. The number of nitrogens with one attached hydrogen (secondary N) is 1. The first kappa shape index (κ1) is 14.3. The summed E-state index contributed by atoms with van der Waals surface area (Å²) >= 11 is 1.71. The van der Waals surface area contributed by atoms with Crippen molar-refractivity contribution in [2.45, 2.75) is 19.9 Å². The third-order valence-electron chi connectivity index (χ3n) is 2.22. The molecule has 0 aromatic rings. The van der Waals surface area contributed by atoms with Gasteiger partial charge in [0.1, 0.15) is 0 Å². The molecule has 0 heterocycles. The van der Waals surface area contributed by atoms with Crippen molar-refractivity contribution in [3.05, 3.63) is 0 Å². The van der Waals surface area contributed by atoms with Crippen LogP contribution in [-0.2, 0) is 9.53 Å². The van der Waals surface area contributed by atoms with Gasteiger partial charge in [-0.25, -0.2) is 0 Å². The highest BCUT2D eigenvalue weighted by Crippen LogP contribution is 2.05. The molecule has 0 amide bonds. The number of hydrogen-bond acceptors (Lipinski definition) is 4. The fraction of sp³-hybridized carbons (Fsp3) is 0.727. The molecule has 3 nitrogen and oxygen atoms in total. The largest absolute Gasteiger partial charge is 0.469 e. The second kappa shape index (κ2) is 8.63. The molecule has 0 fully saturated rings. The van der Waals surface area contributed by atoms with Crippen LogP contribution in [0.5, 0.6) is 0 Å². The number of thioether (sulfide) groups is 1. The number of esters is 1. The van der Waals surface area contributed by atoms with Crippen LogP contribution in [0.15, 0.2) is 0 Å². The second-order valence-electron chi connectivity index (χ2n) is 3.31. The molecule has 0 saturated carbocycles. The molecule has 2 atom stereocenters. The molecule has 0 bridgehead atoms. The monoisotopic (exact) mass is 229 g/mol. The van der Waals surface area contributed by atoms with Crippen LogP contribution in [0.1, 0.15) is 13.8 Å². The third-order valence-corrected chi connectivity index (χ3v) is 3.08. The molecule has 4 heteroatoms. The number of carbonyl (C=O) groups is 1. The van der Waals surface area contributed by atoms with Crippen molar-refractivity contribution in [2.24, 2.45) is 5.92 Å². The van der Waals surface area contributed by atoms with E-state index in [9.17, 15) is 4.79 Å². The van der Waals surface area contributed by atoms with Gasteiger partial charge in [0.25, 0.3) is 0 Å². The summed E-state index contributed by atoms with van der Waals surface area (Å²) in [4.78, 5) is 11.2. The third kappa shape index (κ3) is 6.43. The normalized spacial score (nSPS) is 14.0. The Labute approximate surface area is 96.3 Å². The molecule has 2 unspecified atom stereocenters. The Morgan fingerprint density at radius 3 is 2.80 bits per heavy atom. The lowest BCUT2D eigenvalue weighted by Gasteiger charge is -2.18. The van der Waals surface area contributed by atoms with Crippen molar-refractivity contribution in [3.8, 4) is 12.3 Å². The first-order chi connectivity index (χ1) is 7.13. The SMILES string of the molecule is C#CCSCCNC(C)C(C)C(=O)OC. The van der Waals surface area contributed by atoms with E-state index in [1.165, 1.54) is 7.11 Å². The van der Waals surface area contributed by atoms with Crippen LogP contribution in [0.25, 0.3) is 0 Å². The molecular weight excluding hydrogens is 210 g/mol. The highest BCUT2D eigenvalue weighted by molar-refractivity contribution is 7.99. The summed E-state index contributed by atoms with van der Waals surface area (Å²) in [5.74, 6) is 3.97. The van der Waals surface area contributed by atoms with Gasteiger partial charge < -0.3 is 10.1 Å². The summed E-state index contributed by atoms with van der Waals surface area (Å²) in [6, 6.07) is 0.129. The zero-order valence-electron chi connectivity index (χ0n) is 9.58. The lowest BCUT2D eigenvalue weighted by Crippen LogP contribution is -2.37. The summed E-state index contributed by atoms with van der Waals surface area (Å²) in [5, 5.41) is 3.27. The van der Waals surface area contributed by atoms with E-state index in [2.05, 4.69) is 16.0 Å². The highest BCUT2D eigenvalue weighted by Gasteiger charge is 2.19. The van der Waals surface area contributed by atoms with Crippen molar-refractivity contribution in [1.29, 1.82) is 0 Å². The maximum Gasteiger partial charge on any atom is 0.309 e. The van der Waals surface area contributed by atoms with Gasteiger partial charge in [0.15, 0.2) is 0 Å². The van der Waals surface area contributed by atoms with E-state index in [0.29, 0.717) is 0 Å². The van der Waals surface area contributed by atoms with Crippen molar-refractivity contribution >= 4 is 17.7 Å². The quantitative estimate of drug-likeness (QED) is 0.404. The average molecular weight is 229 g/mol. The Balaban J connectivity index is 3.60. The van der Waals surface area contributed by atoms with Crippen molar-refractivity contribution in [3.63, 3.8) is 0 Å². The summed E-state index contributed by atoms with van der Waals surface area (Å²) < 4.78 is 4.67. The predicted octanol–water partition coefficient (Wildman–Crippen LogP) is 1.14. The number of terminal acetylenes is 1. The average Bonchev–Trinajstić information content (AvgIpc) is 2.26. The Morgan fingerprint density at radius 1 is 1.60 bits per heavy atom. The zero-order chi connectivity index (χ0) is 11.7. The molecule has 0 rings (SSSR count). The molecule has 86 valence electrons. The Bertz CT molecular complexity index is 225. The van der Waals surface area contributed by atoms with Crippen LogP contribution in [0, 0.1) is 18.3 Å². The minimum Gasteiger partial charge on any atom is -0.469 e. The zero-order valence-corrected chi connectivity index (χ0v) is 10.4. The van der Waals surface area contributed by atoms with Gasteiger partial charge in [0.2, 0.25) is 0 Å².